The molecule has 0 aliphatic heterocycles. The van der Waals surface area contributed by atoms with E-state index < -0.39 is 27.6 Å². The number of nitrogens with one attached hydrogen (secondary N) is 2. The first-order valence-corrected chi connectivity index (χ1v) is 10.9. The minimum atomic E-state index is -4.35. The molecule has 0 saturated heterocycles. The summed E-state index contributed by atoms with van der Waals surface area (Å²) in [6.07, 6.45) is -0.928. The van der Waals surface area contributed by atoms with Gasteiger partial charge >= 0.3 is 6.18 Å². The van der Waals surface area contributed by atoms with Crippen LogP contribution >= 0.6 is 0 Å². The van der Waals surface area contributed by atoms with Crippen molar-refractivity contribution in [3.8, 4) is 5.75 Å². The summed E-state index contributed by atoms with van der Waals surface area (Å²) in [7, 11) is -3.34. The van der Waals surface area contributed by atoms with Gasteiger partial charge in [0.2, 0.25) is 10.0 Å². The van der Waals surface area contributed by atoms with Gasteiger partial charge in [0.05, 0.1) is 4.75 Å². The molecule has 0 aromatic heterocycles. The molecule has 0 bridgehead atoms. The van der Waals surface area contributed by atoms with Crippen LogP contribution in [0.1, 0.15) is 46.5 Å². The van der Waals surface area contributed by atoms with E-state index in [-0.39, 0.29) is 11.8 Å². The molecule has 0 amide bonds. The summed E-state index contributed by atoms with van der Waals surface area (Å²) < 4.78 is 67.6. The fraction of sp³-hybridized carbons (Fsp3) is 0.684. The minimum Gasteiger partial charge on any atom is -0.484 e. The average Bonchev–Trinajstić information content (AvgIpc) is 2.58. The molecule has 1 aliphatic rings. The molecule has 2 N–H and O–H groups in total. The van der Waals surface area contributed by atoms with Crippen molar-refractivity contribution in [3.63, 3.8) is 0 Å². The molecule has 2 rings (SSSR count). The van der Waals surface area contributed by atoms with Crippen molar-refractivity contribution < 1.29 is 26.3 Å². The highest BCUT2D eigenvalue weighted by molar-refractivity contribution is 7.90. The lowest BCUT2D eigenvalue weighted by Gasteiger charge is -2.31. The average molecular weight is 423 g/mol. The van der Waals surface area contributed by atoms with Gasteiger partial charge in [0.25, 0.3) is 0 Å². The van der Waals surface area contributed by atoms with Gasteiger partial charge in [-0.1, -0.05) is 0 Å². The lowest BCUT2D eigenvalue weighted by Crippen LogP contribution is -2.46. The molecule has 28 heavy (non-hydrogen) atoms. The molecular formula is C19H29F3N2O3S. The molecule has 1 aromatic carbocycles. The van der Waals surface area contributed by atoms with Crippen molar-refractivity contribution in [3.05, 3.63) is 24.3 Å². The first kappa shape index (κ1) is 22.8. The second-order valence-corrected chi connectivity index (χ2v) is 10.7. The lowest BCUT2D eigenvalue weighted by molar-refractivity contribution is -0.153. The topological polar surface area (TPSA) is 67.4 Å². The van der Waals surface area contributed by atoms with Crippen LogP contribution in [0.15, 0.2) is 24.3 Å². The number of hydrogen-bond acceptors (Lipinski definition) is 4. The quantitative estimate of drug-likeness (QED) is 0.687. The molecule has 1 aromatic rings. The summed E-state index contributed by atoms with van der Waals surface area (Å²) in [5.41, 5.74) is 0.815. The zero-order valence-electron chi connectivity index (χ0n) is 16.5. The summed E-state index contributed by atoms with van der Waals surface area (Å²) >= 11 is 0. The number of benzene rings is 1. The van der Waals surface area contributed by atoms with E-state index in [1.165, 1.54) is 12.1 Å². The van der Waals surface area contributed by atoms with E-state index >= 15 is 0 Å². The third-order valence-corrected chi connectivity index (χ3v) is 7.08. The number of halogens is 3. The fourth-order valence-corrected chi connectivity index (χ4v) is 4.01. The van der Waals surface area contributed by atoms with E-state index in [1.54, 1.807) is 32.9 Å². The van der Waals surface area contributed by atoms with Gasteiger partial charge in [-0.2, -0.15) is 13.2 Å². The number of rotatable bonds is 7. The number of alkyl halides is 3. The molecule has 0 spiro atoms. The standard InChI is InChI=1S/C19H29F3N2O3S/c1-18(2,3)28(25,26)24-16-6-4-14(5-7-16)12-23-15-8-10-17(11-9-15)27-13-19(20,21)22/h8-11,14,16,23-24H,4-7,12-13H2,1-3H3. The highest BCUT2D eigenvalue weighted by Crippen LogP contribution is 2.27. The molecular weight excluding hydrogens is 393 g/mol. The molecule has 0 atom stereocenters. The highest BCUT2D eigenvalue weighted by Gasteiger charge is 2.32. The van der Waals surface area contributed by atoms with E-state index in [2.05, 4.69) is 14.8 Å². The Morgan fingerprint density at radius 3 is 2.11 bits per heavy atom. The molecule has 5 nitrogen and oxygen atoms in total. The van der Waals surface area contributed by atoms with Gasteiger partial charge in [-0.15, -0.1) is 0 Å². The lowest BCUT2D eigenvalue weighted by atomic mass is 9.86. The molecule has 0 unspecified atom stereocenters. The van der Waals surface area contributed by atoms with Crippen molar-refractivity contribution in [1.29, 1.82) is 0 Å². The molecule has 1 fully saturated rings. The Labute approximate surface area is 165 Å². The summed E-state index contributed by atoms with van der Waals surface area (Å²) in [5.74, 6) is 0.603. The van der Waals surface area contributed by atoms with Crippen molar-refractivity contribution >= 4 is 15.7 Å². The van der Waals surface area contributed by atoms with Crippen LogP contribution in [0.2, 0.25) is 0 Å². The van der Waals surface area contributed by atoms with Crippen LogP contribution in [0.25, 0.3) is 0 Å². The molecule has 1 saturated carbocycles. The van der Waals surface area contributed by atoms with Crippen molar-refractivity contribution in [2.24, 2.45) is 5.92 Å². The number of hydrogen-bond donors (Lipinski definition) is 2. The summed E-state index contributed by atoms with van der Waals surface area (Å²) in [6, 6.07) is 6.37. The fourth-order valence-electron chi connectivity index (χ4n) is 2.98. The number of sulfonamides is 1. The minimum absolute atomic E-state index is 0.0226. The van der Waals surface area contributed by atoms with Crippen LogP contribution < -0.4 is 14.8 Å². The Morgan fingerprint density at radius 2 is 1.61 bits per heavy atom. The zero-order chi connectivity index (χ0) is 21.0. The number of anilines is 1. The third-order valence-electron chi connectivity index (χ3n) is 4.83. The van der Waals surface area contributed by atoms with Crippen LogP contribution in [0.3, 0.4) is 0 Å². The van der Waals surface area contributed by atoms with Crippen LogP contribution in [0.5, 0.6) is 5.75 Å². The Balaban J connectivity index is 1.74. The van der Waals surface area contributed by atoms with Crippen molar-refractivity contribution in [2.75, 3.05) is 18.5 Å². The highest BCUT2D eigenvalue weighted by atomic mass is 32.2. The predicted molar refractivity (Wildman–Crippen MR) is 104 cm³/mol. The van der Waals surface area contributed by atoms with Gasteiger partial charge in [-0.3, -0.25) is 0 Å². The van der Waals surface area contributed by atoms with Crippen LogP contribution in [0.4, 0.5) is 18.9 Å². The second-order valence-electron chi connectivity index (χ2n) is 8.26. The predicted octanol–water partition coefficient (Wildman–Crippen LogP) is 4.32. The van der Waals surface area contributed by atoms with Crippen LogP contribution in [-0.2, 0) is 10.0 Å². The largest absolute Gasteiger partial charge is 0.484 e. The van der Waals surface area contributed by atoms with Gasteiger partial charge in [0, 0.05) is 18.3 Å². The van der Waals surface area contributed by atoms with Crippen LogP contribution in [-0.4, -0.2) is 38.5 Å². The van der Waals surface area contributed by atoms with E-state index in [9.17, 15) is 21.6 Å². The Hall–Kier alpha value is -1.48. The Bertz CT molecular complexity index is 720. The van der Waals surface area contributed by atoms with E-state index in [0.717, 1.165) is 37.9 Å². The van der Waals surface area contributed by atoms with Crippen molar-refractivity contribution in [2.45, 2.75) is 63.4 Å². The summed E-state index contributed by atoms with van der Waals surface area (Å²) in [6.45, 7) is 4.49. The molecule has 160 valence electrons. The second kappa shape index (κ2) is 8.90. The Morgan fingerprint density at radius 1 is 1.04 bits per heavy atom. The van der Waals surface area contributed by atoms with E-state index in [4.69, 9.17) is 0 Å². The van der Waals surface area contributed by atoms with Gasteiger partial charge in [-0.05, 0) is 76.6 Å². The molecule has 1 aliphatic carbocycles. The zero-order valence-corrected chi connectivity index (χ0v) is 17.3. The van der Waals surface area contributed by atoms with Gasteiger partial charge in [0.15, 0.2) is 6.61 Å². The molecule has 0 heterocycles. The van der Waals surface area contributed by atoms with E-state index in [0.29, 0.717) is 5.92 Å². The summed E-state index contributed by atoms with van der Waals surface area (Å²) in [4.78, 5) is 0. The number of ether oxygens (including phenoxy) is 1. The molecule has 0 radical (unpaired) electrons. The maximum Gasteiger partial charge on any atom is 0.422 e. The first-order chi connectivity index (χ1) is 12.9. The normalized spacial score (nSPS) is 21.4. The van der Waals surface area contributed by atoms with Gasteiger partial charge < -0.3 is 10.1 Å². The van der Waals surface area contributed by atoms with Gasteiger partial charge in [0.1, 0.15) is 5.75 Å². The van der Waals surface area contributed by atoms with Gasteiger partial charge in [-0.25, -0.2) is 13.1 Å². The third kappa shape index (κ3) is 7.16. The smallest absolute Gasteiger partial charge is 0.422 e. The monoisotopic (exact) mass is 422 g/mol. The SMILES string of the molecule is CC(C)(C)S(=O)(=O)NC1CCC(CNc2ccc(OCC(F)(F)F)cc2)CC1. The van der Waals surface area contributed by atoms with Crippen LogP contribution in [0, 0.1) is 5.92 Å². The van der Waals surface area contributed by atoms with E-state index in [1.807, 2.05) is 0 Å². The Kier molecular flexibility index (Phi) is 7.25. The summed E-state index contributed by atoms with van der Waals surface area (Å²) in [5, 5.41) is 3.28. The van der Waals surface area contributed by atoms with Crippen molar-refractivity contribution in [1.82, 2.24) is 4.72 Å². The first-order valence-electron chi connectivity index (χ1n) is 9.41. The maximum atomic E-state index is 12.2. The maximum absolute atomic E-state index is 12.2. The molecule has 9 heteroatoms.